The summed E-state index contributed by atoms with van der Waals surface area (Å²) in [5.41, 5.74) is 4.54. The van der Waals surface area contributed by atoms with Crippen LogP contribution in [0.3, 0.4) is 0 Å². The molecule has 0 saturated heterocycles. The molecule has 2 N–H and O–H groups in total. The Labute approximate surface area is 185 Å². The van der Waals surface area contributed by atoms with Crippen molar-refractivity contribution in [3.05, 3.63) is 108 Å². The van der Waals surface area contributed by atoms with E-state index in [4.69, 9.17) is 6.42 Å². The van der Waals surface area contributed by atoms with Crippen LogP contribution in [0.4, 0.5) is 0 Å². The summed E-state index contributed by atoms with van der Waals surface area (Å²) in [6, 6.07) is 27.0. The Morgan fingerprint density at radius 3 is 1.75 bits per heavy atom. The summed E-state index contributed by atoms with van der Waals surface area (Å²) in [6.07, 6.45) is 5.83. The number of hydrogen-bond acceptors (Lipinski definition) is 2. The molecule has 0 spiro atoms. The maximum Gasteiger partial charge on any atom is 0.336 e. The summed E-state index contributed by atoms with van der Waals surface area (Å²) in [4.78, 5) is 23.7. The Bertz CT molecular complexity index is 1360. The van der Waals surface area contributed by atoms with Crippen LogP contribution in [0.2, 0.25) is 0 Å². The van der Waals surface area contributed by atoms with Gasteiger partial charge in [-0.2, -0.15) is 0 Å². The zero-order valence-electron chi connectivity index (χ0n) is 16.9. The zero-order valence-corrected chi connectivity index (χ0v) is 16.9. The molecule has 0 aliphatic carbocycles. The molecule has 0 aliphatic heterocycles. The van der Waals surface area contributed by atoms with Gasteiger partial charge in [-0.15, -0.1) is 6.42 Å². The van der Waals surface area contributed by atoms with Gasteiger partial charge in [0.1, 0.15) is 0 Å². The third kappa shape index (κ3) is 3.76. The smallest absolute Gasteiger partial charge is 0.336 e. The van der Waals surface area contributed by atoms with E-state index in [1.54, 1.807) is 18.2 Å². The Kier molecular flexibility index (Phi) is 5.57. The van der Waals surface area contributed by atoms with Gasteiger partial charge in [-0.05, 0) is 46.0 Å². The van der Waals surface area contributed by atoms with Crippen molar-refractivity contribution >= 4 is 11.9 Å². The van der Waals surface area contributed by atoms with E-state index in [-0.39, 0.29) is 16.7 Å². The molecule has 0 atom stereocenters. The number of carboxylic acids is 2. The third-order valence-electron chi connectivity index (χ3n) is 5.29. The van der Waals surface area contributed by atoms with E-state index in [2.05, 4.69) is 5.92 Å². The number of rotatable bonds is 5. The zero-order chi connectivity index (χ0) is 22.7. The summed E-state index contributed by atoms with van der Waals surface area (Å²) in [5, 5.41) is 19.4. The second-order valence-corrected chi connectivity index (χ2v) is 7.16. The quantitative estimate of drug-likeness (QED) is 0.386. The molecule has 0 aromatic heterocycles. The van der Waals surface area contributed by atoms with Crippen molar-refractivity contribution < 1.29 is 19.8 Å². The lowest BCUT2D eigenvalue weighted by Crippen LogP contribution is -2.05. The first-order chi connectivity index (χ1) is 15.5. The van der Waals surface area contributed by atoms with Gasteiger partial charge in [-0.3, -0.25) is 0 Å². The number of carbonyl (C=O) groups is 2. The predicted octanol–water partition coefficient (Wildman–Crippen LogP) is 6.07. The lowest BCUT2D eigenvalue weighted by molar-refractivity contribution is 0.0685. The highest BCUT2D eigenvalue weighted by Gasteiger charge is 2.22. The highest BCUT2D eigenvalue weighted by atomic mass is 16.4. The van der Waals surface area contributed by atoms with E-state index >= 15 is 0 Å². The van der Waals surface area contributed by atoms with Gasteiger partial charge >= 0.3 is 11.9 Å². The Morgan fingerprint density at radius 2 is 1.22 bits per heavy atom. The second-order valence-electron chi connectivity index (χ2n) is 7.16. The number of hydrogen-bond donors (Lipinski definition) is 2. The third-order valence-corrected chi connectivity index (χ3v) is 5.29. The van der Waals surface area contributed by atoms with Gasteiger partial charge in [-0.1, -0.05) is 78.7 Å². The SMILES string of the molecule is C#Cc1c(C(=O)O)ccc(-c2ccccc2)c1-c1cc(C(=O)O)ccc1-c1ccccc1. The van der Waals surface area contributed by atoms with Crippen LogP contribution in [0.5, 0.6) is 0 Å². The van der Waals surface area contributed by atoms with Crippen LogP contribution in [0.1, 0.15) is 26.3 Å². The fourth-order valence-electron chi connectivity index (χ4n) is 3.82. The summed E-state index contributed by atoms with van der Waals surface area (Å²) < 4.78 is 0. The van der Waals surface area contributed by atoms with Gasteiger partial charge in [0, 0.05) is 11.1 Å². The average Bonchev–Trinajstić information content (AvgIpc) is 2.83. The van der Waals surface area contributed by atoms with Crippen molar-refractivity contribution in [1.82, 2.24) is 0 Å². The van der Waals surface area contributed by atoms with Crippen molar-refractivity contribution in [2.24, 2.45) is 0 Å². The molecular formula is C28H18O4. The largest absolute Gasteiger partial charge is 0.478 e. The molecule has 4 aromatic rings. The number of terminal acetylenes is 1. The van der Waals surface area contributed by atoms with E-state index in [0.717, 1.165) is 22.3 Å². The molecule has 0 radical (unpaired) electrons. The molecule has 4 heteroatoms. The van der Waals surface area contributed by atoms with Crippen molar-refractivity contribution in [1.29, 1.82) is 0 Å². The van der Waals surface area contributed by atoms with Gasteiger partial charge in [-0.25, -0.2) is 9.59 Å². The van der Waals surface area contributed by atoms with Crippen molar-refractivity contribution in [3.63, 3.8) is 0 Å². The fraction of sp³-hybridized carbons (Fsp3) is 0. The monoisotopic (exact) mass is 418 g/mol. The second kappa shape index (κ2) is 8.63. The fourth-order valence-corrected chi connectivity index (χ4v) is 3.82. The standard InChI is InChI=1S/C28H18O4/c1-2-21-24(28(31)32)16-15-23(19-11-7-4-8-12-19)26(21)25-17-20(27(29)30)13-14-22(25)18-9-5-3-6-10-18/h1,3-17H,(H,29,30)(H,31,32). The normalized spacial score (nSPS) is 10.3. The lowest BCUT2D eigenvalue weighted by atomic mass is 9.84. The van der Waals surface area contributed by atoms with E-state index in [1.807, 2.05) is 60.7 Å². The summed E-state index contributed by atoms with van der Waals surface area (Å²) in [7, 11) is 0. The maximum absolute atomic E-state index is 12.0. The first-order valence-corrected chi connectivity index (χ1v) is 9.86. The van der Waals surface area contributed by atoms with Crippen LogP contribution in [0.15, 0.2) is 91.0 Å². The molecule has 154 valence electrons. The van der Waals surface area contributed by atoms with Crippen LogP contribution >= 0.6 is 0 Å². The van der Waals surface area contributed by atoms with Gasteiger partial charge in [0.05, 0.1) is 11.1 Å². The highest BCUT2D eigenvalue weighted by Crippen LogP contribution is 2.41. The highest BCUT2D eigenvalue weighted by molar-refractivity contribution is 6.02. The molecule has 4 aromatic carbocycles. The minimum absolute atomic E-state index is 0.0121. The van der Waals surface area contributed by atoms with E-state index in [0.29, 0.717) is 11.1 Å². The van der Waals surface area contributed by atoms with Crippen LogP contribution in [0, 0.1) is 12.3 Å². The Balaban J connectivity index is 2.16. The van der Waals surface area contributed by atoms with Crippen molar-refractivity contribution in [3.8, 4) is 45.7 Å². The Morgan fingerprint density at radius 1 is 0.656 bits per heavy atom. The average molecular weight is 418 g/mol. The van der Waals surface area contributed by atoms with Gasteiger partial charge in [0.25, 0.3) is 0 Å². The van der Waals surface area contributed by atoms with E-state index in [9.17, 15) is 19.8 Å². The first kappa shape index (κ1) is 20.6. The molecule has 4 nitrogen and oxygen atoms in total. The first-order valence-electron chi connectivity index (χ1n) is 9.86. The summed E-state index contributed by atoms with van der Waals surface area (Å²) >= 11 is 0. The lowest BCUT2D eigenvalue weighted by Gasteiger charge is -2.19. The van der Waals surface area contributed by atoms with Crippen LogP contribution < -0.4 is 0 Å². The number of carboxylic acid groups (broad SMARTS) is 2. The molecule has 0 fully saturated rings. The van der Waals surface area contributed by atoms with Gasteiger partial charge < -0.3 is 10.2 Å². The van der Waals surface area contributed by atoms with Crippen molar-refractivity contribution in [2.75, 3.05) is 0 Å². The number of benzene rings is 4. The molecule has 0 amide bonds. The van der Waals surface area contributed by atoms with Crippen LogP contribution in [-0.4, -0.2) is 22.2 Å². The molecule has 32 heavy (non-hydrogen) atoms. The topological polar surface area (TPSA) is 74.6 Å². The van der Waals surface area contributed by atoms with E-state index in [1.165, 1.54) is 12.1 Å². The maximum atomic E-state index is 12.0. The molecular weight excluding hydrogens is 400 g/mol. The minimum atomic E-state index is -1.14. The van der Waals surface area contributed by atoms with Crippen LogP contribution in [-0.2, 0) is 0 Å². The van der Waals surface area contributed by atoms with Crippen molar-refractivity contribution in [2.45, 2.75) is 0 Å². The molecule has 0 heterocycles. The predicted molar refractivity (Wildman–Crippen MR) is 125 cm³/mol. The van der Waals surface area contributed by atoms with Crippen LogP contribution in [0.25, 0.3) is 33.4 Å². The number of aromatic carboxylic acids is 2. The van der Waals surface area contributed by atoms with E-state index < -0.39 is 11.9 Å². The molecule has 4 rings (SSSR count). The minimum Gasteiger partial charge on any atom is -0.478 e. The molecule has 0 aliphatic rings. The molecule has 0 bridgehead atoms. The van der Waals surface area contributed by atoms with Gasteiger partial charge in [0.15, 0.2) is 0 Å². The summed E-state index contributed by atoms with van der Waals surface area (Å²) in [6.45, 7) is 0. The molecule has 0 saturated carbocycles. The summed E-state index contributed by atoms with van der Waals surface area (Å²) in [5.74, 6) is 0.329. The van der Waals surface area contributed by atoms with Gasteiger partial charge in [0.2, 0.25) is 0 Å². The Hall–Kier alpha value is -4.62. The molecule has 0 unspecified atom stereocenters.